The Morgan fingerprint density at radius 2 is 1.80 bits per heavy atom. The molecule has 0 radical (unpaired) electrons. The zero-order valence-corrected chi connectivity index (χ0v) is 18.4. The third-order valence-corrected chi connectivity index (χ3v) is 5.36. The molecule has 3 N–H and O–H groups in total. The monoisotopic (exact) mass is 434 g/mol. The van der Waals surface area contributed by atoms with Crippen LogP contribution in [0.1, 0.15) is 46.9 Å². The van der Waals surface area contributed by atoms with Gasteiger partial charge in [-0.2, -0.15) is 0 Å². The van der Waals surface area contributed by atoms with Crippen LogP contribution in [-0.2, 0) is 19.3 Å². The van der Waals surface area contributed by atoms with E-state index in [1.807, 2.05) is 18.2 Å². The van der Waals surface area contributed by atoms with Crippen LogP contribution < -0.4 is 11.1 Å². The van der Waals surface area contributed by atoms with E-state index in [9.17, 15) is 13.2 Å². The fourth-order valence-electron chi connectivity index (χ4n) is 3.11. The number of hydrogen-bond acceptors (Lipinski definition) is 6. The summed E-state index contributed by atoms with van der Waals surface area (Å²) < 4.78 is 34.2. The van der Waals surface area contributed by atoms with Crippen molar-refractivity contribution >= 4 is 21.4 Å². The average molecular weight is 435 g/mol. The smallest absolute Gasteiger partial charge is 0.248 e. The van der Waals surface area contributed by atoms with Gasteiger partial charge in [0.1, 0.15) is 5.88 Å². The molecule has 0 fully saturated rings. The second-order valence-corrected chi connectivity index (χ2v) is 9.49. The molecule has 1 amide bonds. The van der Waals surface area contributed by atoms with Gasteiger partial charge >= 0.3 is 0 Å². The summed E-state index contributed by atoms with van der Waals surface area (Å²) in [4.78, 5) is 11.8. The Kier molecular flexibility index (Phi) is 8.83. The largest absolute Gasteiger partial charge is 0.382 e. The quantitative estimate of drug-likeness (QED) is 0.497. The fraction of sp³-hybridized carbons (Fsp3) is 0.409. The summed E-state index contributed by atoms with van der Waals surface area (Å²) in [5.74, 6) is -0.640. The van der Waals surface area contributed by atoms with Crippen molar-refractivity contribution in [1.29, 1.82) is 0 Å². The van der Waals surface area contributed by atoms with E-state index in [4.69, 9.17) is 15.2 Å². The van der Waals surface area contributed by atoms with Crippen LogP contribution in [0.3, 0.4) is 0 Å². The van der Waals surface area contributed by atoms with Crippen molar-refractivity contribution in [3.05, 3.63) is 65.2 Å². The van der Waals surface area contributed by atoms with E-state index in [2.05, 4.69) is 24.4 Å². The minimum Gasteiger partial charge on any atom is -0.382 e. The molecule has 0 aliphatic carbocycles. The van der Waals surface area contributed by atoms with E-state index < -0.39 is 15.7 Å². The molecule has 164 valence electrons. The van der Waals surface area contributed by atoms with Crippen LogP contribution in [0.25, 0.3) is 0 Å². The van der Waals surface area contributed by atoms with Crippen molar-refractivity contribution in [2.45, 2.75) is 25.4 Å². The normalized spacial score (nSPS) is 13.6. The Bertz CT molecular complexity index is 932. The number of carbonyl (C=O) groups excluding carboxylic acids is 1. The van der Waals surface area contributed by atoms with Gasteiger partial charge in [0.05, 0.1) is 19.3 Å². The summed E-state index contributed by atoms with van der Waals surface area (Å²) in [6, 6.07) is 15.1. The van der Waals surface area contributed by atoms with E-state index in [1.54, 1.807) is 25.3 Å². The molecule has 2 atom stereocenters. The molecule has 0 aliphatic heterocycles. The predicted octanol–water partition coefficient (Wildman–Crippen LogP) is 3.10. The fourth-order valence-corrected chi connectivity index (χ4v) is 3.54. The SMILES string of the molecule is COCCOC(CC(C)c1ccccc1)c1cc(NCS(C)(=O)=O)cc(C(N)=O)c1. The summed E-state index contributed by atoms with van der Waals surface area (Å²) in [7, 11) is -1.63. The molecule has 8 heteroatoms. The number of rotatable bonds is 12. The Morgan fingerprint density at radius 1 is 1.10 bits per heavy atom. The van der Waals surface area contributed by atoms with Gasteiger partial charge < -0.3 is 20.5 Å². The molecule has 2 rings (SSSR count). The van der Waals surface area contributed by atoms with Crippen molar-refractivity contribution in [2.75, 3.05) is 37.8 Å². The maximum atomic E-state index is 11.8. The number of carbonyl (C=O) groups is 1. The predicted molar refractivity (Wildman–Crippen MR) is 118 cm³/mol. The van der Waals surface area contributed by atoms with Gasteiger partial charge in [-0.25, -0.2) is 8.42 Å². The number of nitrogens with one attached hydrogen (secondary N) is 1. The highest BCUT2D eigenvalue weighted by Crippen LogP contribution is 2.32. The van der Waals surface area contributed by atoms with E-state index in [-0.39, 0.29) is 23.5 Å². The van der Waals surface area contributed by atoms with Crippen molar-refractivity contribution in [3.63, 3.8) is 0 Å². The van der Waals surface area contributed by atoms with Crippen LogP contribution in [0, 0.1) is 0 Å². The number of ether oxygens (including phenoxy) is 2. The highest BCUT2D eigenvalue weighted by Gasteiger charge is 2.20. The van der Waals surface area contributed by atoms with Crippen molar-refractivity contribution in [2.24, 2.45) is 5.73 Å². The molecule has 2 aromatic rings. The van der Waals surface area contributed by atoms with Crippen LogP contribution in [0.5, 0.6) is 0 Å². The van der Waals surface area contributed by atoms with Gasteiger partial charge in [0.25, 0.3) is 0 Å². The minimum atomic E-state index is -3.24. The van der Waals surface area contributed by atoms with Crippen LogP contribution in [-0.4, -0.2) is 46.8 Å². The van der Waals surface area contributed by atoms with Crippen molar-refractivity contribution < 1.29 is 22.7 Å². The number of methoxy groups -OCH3 is 1. The lowest BCUT2D eigenvalue weighted by Gasteiger charge is -2.23. The molecule has 2 aromatic carbocycles. The van der Waals surface area contributed by atoms with Gasteiger partial charge in [-0.3, -0.25) is 4.79 Å². The molecular weight excluding hydrogens is 404 g/mol. The summed E-state index contributed by atoms with van der Waals surface area (Å²) in [5, 5.41) is 2.85. The van der Waals surface area contributed by atoms with Gasteiger partial charge in [-0.05, 0) is 41.7 Å². The summed E-state index contributed by atoms with van der Waals surface area (Å²) in [5.41, 5.74) is 8.22. The first-order chi connectivity index (χ1) is 14.2. The summed E-state index contributed by atoms with van der Waals surface area (Å²) >= 11 is 0. The maximum absolute atomic E-state index is 11.8. The number of hydrogen-bond donors (Lipinski definition) is 2. The maximum Gasteiger partial charge on any atom is 0.248 e. The van der Waals surface area contributed by atoms with Gasteiger partial charge in [-0.1, -0.05) is 37.3 Å². The van der Waals surface area contributed by atoms with Gasteiger partial charge in [0.2, 0.25) is 5.91 Å². The van der Waals surface area contributed by atoms with E-state index in [1.165, 1.54) is 5.56 Å². The van der Waals surface area contributed by atoms with Crippen molar-refractivity contribution in [3.8, 4) is 0 Å². The lowest BCUT2D eigenvalue weighted by atomic mass is 9.91. The van der Waals surface area contributed by atoms with Crippen LogP contribution in [0.15, 0.2) is 48.5 Å². The third-order valence-electron chi connectivity index (χ3n) is 4.69. The zero-order chi connectivity index (χ0) is 22.1. The Labute approximate surface area is 178 Å². The molecule has 2 unspecified atom stereocenters. The average Bonchev–Trinajstić information content (AvgIpc) is 2.71. The third kappa shape index (κ3) is 7.78. The van der Waals surface area contributed by atoms with Gasteiger partial charge in [-0.15, -0.1) is 0 Å². The van der Waals surface area contributed by atoms with Crippen molar-refractivity contribution in [1.82, 2.24) is 0 Å². The number of anilines is 1. The Balaban J connectivity index is 2.34. The molecular formula is C22H30N2O5S. The summed E-state index contributed by atoms with van der Waals surface area (Å²) in [6.45, 7) is 2.93. The van der Waals surface area contributed by atoms with Gasteiger partial charge in [0.15, 0.2) is 9.84 Å². The Hall–Kier alpha value is -2.42. The second kappa shape index (κ2) is 11.1. The second-order valence-electron chi connectivity index (χ2n) is 7.35. The number of primary amides is 1. The molecule has 0 spiro atoms. The molecule has 0 bridgehead atoms. The Morgan fingerprint density at radius 3 is 2.40 bits per heavy atom. The number of nitrogens with two attached hydrogens (primary N) is 1. The molecule has 0 saturated carbocycles. The first-order valence-electron chi connectivity index (χ1n) is 9.71. The standard InChI is InChI=1S/C22H30N2O5S/c1-16(17-7-5-4-6-8-17)11-21(29-10-9-28-2)18-12-19(22(23)25)14-20(13-18)24-15-30(3,26)27/h4-8,12-14,16,21,24H,9-11,15H2,1-3H3,(H2,23,25). The number of amides is 1. The van der Waals surface area contributed by atoms with Crippen LogP contribution >= 0.6 is 0 Å². The minimum absolute atomic E-state index is 0.198. The zero-order valence-electron chi connectivity index (χ0n) is 17.6. The molecule has 0 aromatic heterocycles. The first-order valence-corrected chi connectivity index (χ1v) is 11.8. The molecule has 7 nitrogen and oxygen atoms in total. The van der Waals surface area contributed by atoms with E-state index in [0.29, 0.717) is 25.3 Å². The highest BCUT2D eigenvalue weighted by molar-refractivity contribution is 7.90. The molecule has 0 aliphatic rings. The lowest BCUT2D eigenvalue weighted by Crippen LogP contribution is -2.17. The first kappa shape index (κ1) is 23.9. The molecule has 0 heterocycles. The molecule has 0 saturated heterocycles. The highest BCUT2D eigenvalue weighted by atomic mass is 32.2. The number of sulfone groups is 1. The van der Waals surface area contributed by atoms with E-state index >= 15 is 0 Å². The van der Waals surface area contributed by atoms with E-state index in [0.717, 1.165) is 11.8 Å². The summed E-state index contributed by atoms with van der Waals surface area (Å²) in [6.07, 6.45) is 1.48. The topological polar surface area (TPSA) is 108 Å². The van der Waals surface area contributed by atoms with Crippen LogP contribution in [0.4, 0.5) is 5.69 Å². The van der Waals surface area contributed by atoms with Gasteiger partial charge in [0, 0.05) is 24.6 Å². The number of benzene rings is 2. The lowest BCUT2D eigenvalue weighted by molar-refractivity contribution is 0.00933. The van der Waals surface area contributed by atoms with Crippen LogP contribution in [0.2, 0.25) is 0 Å². The molecule has 30 heavy (non-hydrogen) atoms.